The summed E-state index contributed by atoms with van der Waals surface area (Å²) in [6, 6.07) is 3.90. The summed E-state index contributed by atoms with van der Waals surface area (Å²) in [7, 11) is 0. The van der Waals surface area contributed by atoms with Crippen molar-refractivity contribution in [3.8, 4) is 0 Å². The zero-order valence-corrected chi connectivity index (χ0v) is 8.11. The van der Waals surface area contributed by atoms with E-state index in [1.54, 1.807) is 11.0 Å². The maximum Gasteiger partial charge on any atom is 0.240 e. The maximum absolute atomic E-state index is 13.1. The number of rotatable bonds is 2. The van der Waals surface area contributed by atoms with E-state index in [-0.39, 0.29) is 11.9 Å². The van der Waals surface area contributed by atoms with Crippen LogP contribution in [0.25, 0.3) is 0 Å². The molecular weight excluding hydrogens is 197 g/mol. The van der Waals surface area contributed by atoms with E-state index >= 15 is 0 Å². The molecule has 0 bridgehead atoms. The number of carbonyl (C=O) groups is 1. The molecule has 0 saturated carbocycles. The van der Waals surface area contributed by atoms with E-state index in [2.05, 4.69) is 0 Å². The lowest BCUT2D eigenvalue weighted by Gasteiger charge is -2.40. The number of hydrogen-bond donors (Lipinski definition) is 2. The van der Waals surface area contributed by atoms with Gasteiger partial charge in [0.05, 0.1) is 0 Å². The minimum atomic E-state index is -0.403. The Labute approximate surface area is 86.7 Å². The van der Waals surface area contributed by atoms with Crippen LogP contribution in [-0.2, 0) is 4.79 Å². The van der Waals surface area contributed by atoms with E-state index in [4.69, 9.17) is 11.5 Å². The maximum atomic E-state index is 13.1. The number of benzene rings is 1. The average Bonchev–Trinajstić information content (AvgIpc) is 1.97. The van der Waals surface area contributed by atoms with E-state index in [1.807, 2.05) is 0 Å². The summed E-state index contributed by atoms with van der Waals surface area (Å²) in [5.74, 6) is -0.788. The minimum Gasteiger partial charge on any atom is -0.399 e. The second-order valence-electron chi connectivity index (χ2n) is 3.64. The fourth-order valence-corrected chi connectivity index (χ4v) is 1.75. The van der Waals surface area contributed by atoms with E-state index in [0.29, 0.717) is 24.3 Å². The van der Waals surface area contributed by atoms with Crippen LogP contribution in [0, 0.1) is 5.82 Å². The first-order chi connectivity index (χ1) is 7.08. The largest absolute Gasteiger partial charge is 0.399 e. The Hall–Kier alpha value is -1.78. The summed E-state index contributed by atoms with van der Waals surface area (Å²) in [5, 5.41) is 0. The molecule has 1 aromatic rings. The number of nitrogens with zero attached hydrogens (tertiary/aromatic N) is 1. The van der Waals surface area contributed by atoms with Gasteiger partial charge in [0.15, 0.2) is 0 Å². The van der Waals surface area contributed by atoms with Crippen molar-refractivity contribution in [3.05, 3.63) is 24.0 Å². The summed E-state index contributed by atoms with van der Waals surface area (Å²) >= 11 is 0. The first-order valence-electron chi connectivity index (χ1n) is 4.70. The second-order valence-corrected chi connectivity index (χ2v) is 3.64. The Morgan fingerprint density at radius 2 is 2.20 bits per heavy atom. The van der Waals surface area contributed by atoms with Gasteiger partial charge in [0.2, 0.25) is 5.91 Å². The number of hydrogen-bond acceptors (Lipinski definition) is 3. The zero-order chi connectivity index (χ0) is 11.0. The molecule has 5 heteroatoms. The molecule has 80 valence electrons. The lowest BCUT2D eigenvalue weighted by Crippen LogP contribution is -2.55. The van der Waals surface area contributed by atoms with Crippen molar-refractivity contribution in [2.45, 2.75) is 12.5 Å². The molecule has 1 aliphatic heterocycles. The second kappa shape index (κ2) is 3.42. The van der Waals surface area contributed by atoms with Crippen LogP contribution >= 0.6 is 0 Å². The molecule has 15 heavy (non-hydrogen) atoms. The normalized spacial score (nSPS) is 19.8. The number of anilines is 2. The zero-order valence-electron chi connectivity index (χ0n) is 8.11. The van der Waals surface area contributed by atoms with Crippen LogP contribution in [0.2, 0.25) is 0 Å². The Kier molecular flexibility index (Phi) is 2.22. The number of carbonyl (C=O) groups excluding carboxylic acids is 1. The van der Waals surface area contributed by atoms with Crippen LogP contribution in [0.3, 0.4) is 0 Å². The number of primary amides is 1. The van der Waals surface area contributed by atoms with Crippen LogP contribution in [0.1, 0.15) is 6.42 Å². The fraction of sp³-hybridized carbons (Fsp3) is 0.300. The lowest BCUT2D eigenvalue weighted by atomic mass is 10.0. The van der Waals surface area contributed by atoms with Gasteiger partial charge in [0.25, 0.3) is 0 Å². The predicted octanol–water partition coefficient (Wildman–Crippen LogP) is 0.472. The minimum absolute atomic E-state index is 0.328. The third-order valence-corrected chi connectivity index (χ3v) is 2.58. The molecule has 1 heterocycles. The summed E-state index contributed by atoms with van der Waals surface area (Å²) in [6.07, 6.45) is 0.714. The van der Waals surface area contributed by atoms with Gasteiger partial charge in [-0.1, -0.05) is 0 Å². The summed E-state index contributed by atoms with van der Waals surface area (Å²) in [6.45, 7) is 0.705. The van der Waals surface area contributed by atoms with E-state index in [1.165, 1.54) is 12.1 Å². The SMILES string of the molecule is NC(=O)C1CCN1c1cc(N)cc(F)c1. The van der Waals surface area contributed by atoms with Crippen molar-refractivity contribution in [2.75, 3.05) is 17.2 Å². The Balaban J connectivity index is 2.26. The van der Waals surface area contributed by atoms with Crippen LogP contribution < -0.4 is 16.4 Å². The van der Waals surface area contributed by atoms with Crippen molar-refractivity contribution in [1.82, 2.24) is 0 Å². The first kappa shape index (κ1) is 9.76. The number of amides is 1. The third kappa shape index (κ3) is 1.72. The Bertz CT molecular complexity index is 387. The third-order valence-electron chi connectivity index (χ3n) is 2.58. The number of halogens is 1. The van der Waals surface area contributed by atoms with Gasteiger partial charge in [0, 0.05) is 17.9 Å². The summed E-state index contributed by atoms with van der Waals surface area (Å²) < 4.78 is 13.1. The summed E-state index contributed by atoms with van der Waals surface area (Å²) in [5.41, 5.74) is 11.7. The van der Waals surface area contributed by atoms with Gasteiger partial charge in [-0.05, 0) is 24.6 Å². The van der Waals surface area contributed by atoms with Crippen LogP contribution in [0.15, 0.2) is 18.2 Å². The topological polar surface area (TPSA) is 72.4 Å². The summed E-state index contributed by atoms with van der Waals surface area (Å²) in [4.78, 5) is 12.7. The molecule has 0 spiro atoms. The van der Waals surface area contributed by atoms with Crippen molar-refractivity contribution in [2.24, 2.45) is 5.73 Å². The average molecular weight is 209 g/mol. The molecule has 1 saturated heterocycles. The highest BCUT2D eigenvalue weighted by Gasteiger charge is 2.32. The molecular formula is C10H12FN3O. The van der Waals surface area contributed by atoms with E-state index < -0.39 is 5.82 Å². The van der Waals surface area contributed by atoms with Crippen molar-refractivity contribution >= 4 is 17.3 Å². The molecule has 1 atom stereocenters. The molecule has 1 amide bonds. The predicted molar refractivity (Wildman–Crippen MR) is 55.8 cm³/mol. The van der Waals surface area contributed by atoms with Gasteiger partial charge in [-0.15, -0.1) is 0 Å². The van der Waals surface area contributed by atoms with Crippen molar-refractivity contribution in [3.63, 3.8) is 0 Å². The quantitative estimate of drug-likeness (QED) is 0.695. The monoisotopic (exact) mass is 209 g/mol. The Morgan fingerprint density at radius 1 is 1.47 bits per heavy atom. The van der Waals surface area contributed by atoms with Crippen molar-refractivity contribution < 1.29 is 9.18 Å². The highest BCUT2D eigenvalue weighted by molar-refractivity contribution is 5.85. The fourth-order valence-electron chi connectivity index (χ4n) is 1.75. The highest BCUT2D eigenvalue weighted by atomic mass is 19.1. The van der Waals surface area contributed by atoms with Crippen LogP contribution in [0.4, 0.5) is 15.8 Å². The van der Waals surface area contributed by atoms with Crippen LogP contribution in [-0.4, -0.2) is 18.5 Å². The smallest absolute Gasteiger partial charge is 0.240 e. The molecule has 2 rings (SSSR count). The molecule has 1 fully saturated rings. The van der Waals surface area contributed by atoms with Crippen LogP contribution in [0.5, 0.6) is 0 Å². The molecule has 0 aromatic heterocycles. The van der Waals surface area contributed by atoms with Gasteiger partial charge in [-0.25, -0.2) is 4.39 Å². The molecule has 1 aromatic carbocycles. The molecule has 4 N–H and O–H groups in total. The van der Waals surface area contributed by atoms with E-state index in [0.717, 1.165) is 0 Å². The number of nitrogen functional groups attached to an aromatic ring is 1. The lowest BCUT2D eigenvalue weighted by molar-refractivity contribution is -0.120. The van der Waals surface area contributed by atoms with Gasteiger partial charge >= 0.3 is 0 Å². The molecule has 0 aliphatic carbocycles. The Morgan fingerprint density at radius 3 is 2.67 bits per heavy atom. The molecule has 0 radical (unpaired) electrons. The van der Waals surface area contributed by atoms with Gasteiger partial charge < -0.3 is 16.4 Å². The van der Waals surface area contributed by atoms with E-state index in [9.17, 15) is 9.18 Å². The van der Waals surface area contributed by atoms with Crippen molar-refractivity contribution in [1.29, 1.82) is 0 Å². The van der Waals surface area contributed by atoms with Gasteiger partial charge in [0.1, 0.15) is 11.9 Å². The molecule has 1 aliphatic rings. The highest BCUT2D eigenvalue weighted by Crippen LogP contribution is 2.28. The first-order valence-corrected chi connectivity index (χ1v) is 4.70. The number of nitrogens with two attached hydrogens (primary N) is 2. The standard InChI is InChI=1S/C10H12FN3O/c11-6-3-7(12)5-8(4-6)14-2-1-9(14)10(13)15/h3-5,9H,1-2,12H2,(H2,13,15). The van der Waals surface area contributed by atoms with Gasteiger partial charge in [-0.3, -0.25) is 4.79 Å². The van der Waals surface area contributed by atoms with Gasteiger partial charge in [-0.2, -0.15) is 0 Å². The molecule has 4 nitrogen and oxygen atoms in total. The molecule has 1 unspecified atom stereocenters.